The fourth-order valence-corrected chi connectivity index (χ4v) is 3.69. The second-order valence-corrected chi connectivity index (χ2v) is 6.95. The fourth-order valence-electron chi connectivity index (χ4n) is 3.69. The number of imide groups is 1. The number of nitrogens with zero attached hydrogens (tertiary/aromatic N) is 4. The molecular formula is C17H30N6O3. The summed E-state index contributed by atoms with van der Waals surface area (Å²) >= 11 is 0. The van der Waals surface area contributed by atoms with E-state index in [1.165, 1.54) is 4.90 Å². The number of guanidine groups is 1. The zero-order valence-corrected chi connectivity index (χ0v) is 15.6. The van der Waals surface area contributed by atoms with Crippen molar-refractivity contribution in [3.8, 4) is 0 Å². The van der Waals surface area contributed by atoms with Crippen LogP contribution in [0.2, 0.25) is 0 Å². The Morgan fingerprint density at radius 1 is 1.31 bits per heavy atom. The van der Waals surface area contributed by atoms with Gasteiger partial charge in [-0.15, -0.1) is 0 Å². The quantitative estimate of drug-likeness (QED) is 0.362. The number of amides is 3. The van der Waals surface area contributed by atoms with Gasteiger partial charge in [-0.3, -0.25) is 19.6 Å². The number of likely N-dealkylation sites (tertiary alicyclic amines) is 1. The van der Waals surface area contributed by atoms with E-state index in [0.717, 1.165) is 64.9 Å². The van der Waals surface area contributed by atoms with Crippen LogP contribution in [0.15, 0.2) is 4.99 Å². The van der Waals surface area contributed by atoms with Gasteiger partial charge in [0, 0.05) is 39.3 Å². The number of rotatable bonds is 6. The van der Waals surface area contributed by atoms with Crippen LogP contribution in [0.25, 0.3) is 0 Å². The molecule has 3 aliphatic heterocycles. The predicted octanol–water partition coefficient (Wildman–Crippen LogP) is -0.842. The largest absolute Gasteiger partial charge is 0.379 e. The van der Waals surface area contributed by atoms with Crippen LogP contribution in [0, 0.1) is 5.92 Å². The van der Waals surface area contributed by atoms with E-state index in [0.29, 0.717) is 19.0 Å². The lowest BCUT2D eigenvalue weighted by Crippen LogP contribution is -2.43. The molecule has 2 N–H and O–H groups in total. The van der Waals surface area contributed by atoms with Gasteiger partial charge in [-0.25, -0.2) is 4.79 Å². The fraction of sp³-hybridized carbons (Fsp3) is 0.824. The Balaban J connectivity index is 1.49. The summed E-state index contributed by atoms with van der Waals surface area (Å²) in [4.78, 5) is 33.9. The Morgan fingerprint density at radius 2 is 2.12 bits per heavy atom. The SMILES string of the molecule is CCNC(=NCCN1C(=O)CNC1=O)N1CCC(CN2CCOCC2)C1. The third-order valence-electron chi connectivity index (χ3n) is 5.06. The van der Waals surface area contributed by atoms with E-state index in [4.69, 9.17) is 4.74 Å². The van der Waals surface area contributed by atoms with Crippen molar-refractivity contribution in [3.63, 3.8) is 0 Å². The molecule has 3 heterocycles. The van der Waals surface area contributed by atoms with Crippen LogP contribution < -0.4 is 10.6 Å². The smallest absolute Gasteiger partial charge is 0.324 e. The molecule has 3 saturated heterocycles. The predicted molar refractivity (Wildman–Crippen MR) is 98.0 cm³/mol. The molecule has 146 valence electrons. The molecule has 0 aromatic heterocycles. The minimum absolute atomic E-state index is 0.0952. The van der Waals surface area contributed by atoms with Crippen molar-refractivity contribution >= 4 is 17.9 Å². The van der Waals surface area contributed by atoms with Crippen LogP contribution >= 0.6 is 0 Å². The van der Waals surface area contributed by atoms with E-state index in [2.05, 4.69) is 25.4 Å². The van der Waals surface area contributed by atoms with E-state index in [1.807, 2.05) is 6.92 Å². The normalized spacial score (nSPS) is 25.1. The number of carbonyl (C=O) groups excluding carboxylic acids is 2. The van der Waals surface area contributed by atoms with E-state index in [9.17, 15) is 9.59 Å². The van der Waals surface area contributed by atoms with Gasteiger partial charge < -0.3 is 20.3 Å². The molecule has 0 saturated carbocycles. The first kappa shape index (κ1) is 18.9. The highest BCUT2D eigenvalue weighted by atomic mass is 16.5. The molecule has 26 heavy (non-hydrogen) atoms. The van der Waals surface area contributed by atoms with Crippen molar-refractivity contribution in [1.82, 2.24) is 25.3 Å². The van der Waals surface area contributed by atoms with Gasteiger partial charge in [0.1, 0.15) is 0 Å². The van der Waals surface area contributed by atoms with Gasteiger partial charge >= 0.3 is 6.03 Å². The average Bonchev–Trinajstić information content (AvgIpc) is 3.23. The Bertz CT molecular complexity index is 519. The highest BCUT2D eigenvalue weighted by Crippen LogP contribution is 2.18. The minimum Gasteiger partial charge on any atom is -0.379 e. The second-order valence-electron chi connectivity index (χ2n) is 6.95. The van der Waals surface area contributed by atoms with Gasteiger partial charge in [0.05, 0.1) is 32.8 Å². The zero-order valence-electron chi connectivity index (χ0n) is 15.6. The van der Waals surface area contributed by atoms with Crippen molar-refractivity contribution < 1.29 is 14.3 Å². The molecule has 3 aliphatic rings. The first-order valence-corrected chi connectivity index (χ1v) is 9.59. The number of aliphatic imine (C=N–C) groups is 1. The Morgan fingerprint density at radius 3 is 2.81 bits per heavy atom. The number of hydrogen-bond donors (Lipinski definition) is 2. The van der Waals surface area contributed by atoms with Crippen LogP contribution in [0.3, 0.4) is 0 Å². The molecule has 3 rings (SSSR count). The molecule has 3 amide bonds. The van der Waals surface area contributed by atoms with Crippen molar-refractivity contribution in [1.29, 1.82) is 0 Å². The average molecular weight is 366 g/mol. The Labute approximate surface area is 154 Å². The lowest BCUT2D eigenvalue weighted by molar-refractivity contribution is -0.124. The van der Waals surface area contributed by atoms with E-state index < -0.39 is 0 Å². The topological polar surface area (TPSA) is 89.5 Å². The van der Waals surface area contributed by atoms with Crippen LogP contribution in [0.4, 0.5) is 4.79 Å². The summed E-state index contributed by atoms with van der Waals surface area (Å²) in [6.45, 7) is 10.5. The second kappa shape index (κ2) is 9.18. The zero-order chi connectivity index (χ0) is 18.4. The minimum atomic E-state index is -0.318. The van der Waals surface area contributed by atoms with Gasteiger partial charge in [0.15, 0.2) is 5.96 Å². The van der Waals surface area contributed by atoms with Gasteiger partial charge in [0.25, 0.3) is 0 Å². The number of hydrogen-bond acceptors (Lipinski definition) is 5. The summed E-state index contributed by atoms with van der Waals surface area (Å²) in [5.74, 6) is 1.34. The molecule has 0 radical (unpaired) electrons. The number of morpholine rings is 1. The summed E-state index contributed by atoms with van der Waals surface area (Å²) in [6, 6.07) is -0.318. The lowest BCUT2D eigenvalue weighted by atomic mass is 10.1. The maximum absolute atomic E-state index is 11.6. The third kappa shape index (κ3) is 4.85. The molecule has 0 aromatic carbocycles. The van der Waals surface area contributed by atoms with Gasteiger partial charge in [-0.2, -0.15) is 0 Å². The van der Waals surface area contributed by atoms with Gasteiger partial charge in [-0.1, -0.05) is 0 Å². The van der Waals surface area contributed by atoms with Crippen molar-refractivity contribution in [3.05, 3.63) is 0 Å². The first-order chi connectivity index (χ1) is 12.7. The molecule has 1 unspecified atom stereocenters. The molecule has 3 fully saturated rings. The molecule has 9 nitrogen and oxygen atoms in total. The molecule has 0 aliphatic carbocycles. The highest BCUT2D eigenvalue weighted by Gasteiger charge is 2.29. The standard InChI is InChI=1S/C17H30N6O3/c1-2-18-16(19-4-6-23-15(24)11-20-17(23)25)22-5-3-14(13-22)12-21-7-9-26-10-8-21/h14H,2-13H2,1H3,(H,18,19)(H,20,25). The maximum atomic E-state index is 11.6. The summed E-state index contributed by atoms with van der Waals surface area (Å²) < 4.78 is 5.42. The van der Waals surface area contributed by atoms with Crippen molar-refractivity contribution in [2.24, 2.45) is 10.9 Å². The lowest BCUT2D eigenvalue weighted by Gasteiger charge is -2.29. The van der Waals surface area contributed by atoms with E-state index >= 15 is 0 Å². The van der Waals surface area contributed by atoms with Crippen LogP contribution in [-0.4, -0.2) is 105 Å². The third-order valence-corrected chi connectivity index (χ3v) is 5.06. The number of ether oxygens (including phenoxy) is 1. The molecule has 1 atom stereocenters. The Hall–Kier alpha value is -1.87. The van der Waals surface area contributed by atoms with Gasteiger partial charge in [0.2, 0.25) is 5.91 Å². The van der Waals surface area contributed by atoms with E-state index in [1.54, 1.807) is 0 Å². The molecule has 0 aromatic rings. The number of urea groups is 1. The van der Waals surface area contributed by atoms with Crippen molar-refractivity contribution in [2.45, 2.75) is 13.3 Å². The summed E-state index contributed by atoms with van der Waals surface area (Å²) in [5, 5.41) is 5.87. The number of nitrogens with one attached hydrogen (secondary N) is 2. The molecule has 0 bridgehead atoms. The van der Waals surface area contributed by atoms with Crippen molar-refractivity contribution in [2.75, 3.05) is 72.1 Å². The Kier molecular flexibility index (Phi) is 6.67. The number of carbonyl (C=O) groups is 2. The molecule has 0 spiro atoms. The first-order valence-electron chi connectivity index (χ1n) is 9.59. The van der Waals surface area contributed by atoms with Crippen LogP contribution in [0.1, 0.15) is 13.3 Å². The van der Waals surface area contributed by atoms with Gasteiger partial charge in [-0.05, 0) is 19.3 Å². The molecule has 9 heteroatoms. The summed E-state index contributed by atoms with van der Waals surface area (Å²) in [7, 11) is 0. The van der Waals surface area contributed by atoms with E-state index in [-0.39, 0.29) is 18.5 Å². The summed E-state index contributed by atoms with van der Waals surface area (Å²) in [5.41, 5.74) is 0. The summed E-state index contributed by atoms with van der Waals surface area (Å²) in [6.07, 6.45) is 1.16. The van der Waals surface area contributed by atoms with Crippen LogP contribution in [-0.2, 0) is 9.53 Å². The molecular weight excluding hydrogens is 336 g/mol. The van der Waals surface area contributed by atoms with Crippen LogP contribution in [0.5, 0.6) is 0 Å². The monoisotopic (exact) mass is 366 g/mol. The maximum Gasteiger partial charge on any atom is 0.324 e. The highest BCUT2D eigenvalue weighted by molar-refractivity contribution is 6.01.